The van der Waals surface area contributed by atoms with Gasteiger partial charge >= 0.3 is 0 Å². The third-order valence-electron chi connectivity index (χ3n) is 5.54. The number of ether oxygens (including phenoxy) is 2. The minimum absolute atomic E-state index is 0.211. The van der Waals surface area contributed by atoms with E-state index < -0.39 is 30.5 Å². The molecule has 2 aromatic rings. The number of hydrogen-bond acceptors (Lipinski definition) is 5. The fourth-order valence-electron chi connectivity index (χ4n) is 3.69. The van der Waals surface area contributed by atoms with E-state index in [1.54, 1.807) is 19.1 Å². The predicted octanol–water partition coefficient (Wildman–Crippen LogP) is 3.09. The predicted molar refractivity (Wildman–Crippen MR) is 108 cm³/mol. The second-order valence-corrected chi connectivity index (χ2v) is 8.03. The zero-order valence-corrected chi connectivity index (χ0v) is 17.2. The average Bonchev–Trinajstić information content (AvgIpc) is 2.70. The van der Waals surface area contributed by atoms with E-state index in [1.807, 2.05) is 18.2 Å². The van der Waals surface area contributed by atoms with Crippen LogP contribution in [0.25, 0.3) is 0 Å². The minimum Gasteiger partial charge on any atom is -0.497 e. The molecule has 5 atom stereocenters. The summed E-state index contributed by atoms with van der Waals surface area (Å²) in [4.78, 5) is 0. The summed E-state index contributed by atoms with van der Waals surface area (Å²) in [5, 5.41) is 30.6. The standard InChI is InChI=1S/C23H29FO5/c1-12(2)16-8-14(7-15-5-6-18(28-4)11-19(15)24)9-17(10-16)23-22(27)21(26)20(25)13(3)29-23/h5-6,8-13,20-23,25-27H,7H2,1-4H3. The number of rotatable bonds is 5. The molecule has 2 aromatic carbocycles. The number of aliphatic hydroxyl groups is 3. The van der Waals surface area contributed by atoms with E-state index in [0.717, 1.165) is 11.1 Å². The van der Waals surface area contributed by atoms with Gasteiger partial charge < -0.3 is 24.8 Å². The molecule has 1 saturated heterocycles. The highest BCUT2D eigenvalue weighted by molar-refractivity contribution is 5.38. The molecule has 0 radical (unpaired) electrons. The highest BCUT2D eigenvalue weighted by Gasteiger charge is 2.42. The van der Waals surface area contributed by atoms with Crippen LogP contribution in [0.2, 0.25) is 0 Å². The van der Waals surface area contributed by atoms with Crippen LogP contribution in [0.4, 0.5) is 4.39 Å². The zero-order valence-electron chi connectivity index (χ0n) is 17.2. The minimum atomic E-state index is -1.30. The molecule has 5 unspecified atom stereocenters. The summed E-state index contributed by atoms with van der Waals surface area (Å²) < 4.78 is 25.3. The molecule has 3 rings (SSSR count). The van der Waals surface area contributed by atoms with Crippen molar-refractivity contribution in [1.29, 1.82) is 0 Å². The number of methoxy groups -OCH3 is 1. The molecule has 3 N–H and O–H groups in total. The molecule has 0 amide bonds. The maximum Gasteiger partial charge on any atom is 0.130 e. The van der Waals surface area contributed by atoms with Crippen molar-refractivity contribution in [1.82, 2.24) is 0 Å². The van der Waals surface area contributed by atoms with E-state index >= 15 is 0 Å². The molecule has 0 bridgehead atoms. The molecule has 1 aliphatic rings. The largest absolute Gasteiger partial charge is 0.497 e. The SMILES string of the molecule is COc1ccc(Cc2cc(C(C)C)cc(C3OC(C)C(O)C(O)C3O)c2)c(F)c1. The van der Waals surface area contributed by atoms with Crippen LogP contribution in [0.3, 0.4) is 0 Å². The molecule has 0 spiro atoms. The molecule has 5 nitrogen and oxygen atoms in total. The molecule has 6 heteroatoms. The molecule has 1 heterocycles. The molecular formula is C23H29FO5. The van der Waals surface area contributed by atoms with Crippen molar-refractivity contribution in [2.24, 2.45) is 0 Å². The second-order valence-electron chi connectivity index (χ2n) is 8.03. The quantitative estimate of drug-likeness (QED) is 0.714. The first-order valence-electron chi connectivity index (χ1n) is 9.87. The van der Waals surface area contributed by atoms with Crippen LogP contribution in [0, 0.1) is 5.82 Å². The van der Waals surface area contributed by atoms with Gasteiger partial charge in [0.1, 0.15) is 36.0 Å². The lowest BCUT2D eigenvalue weighted by Crippen LogP contribution is -2.53. The molecule has 158 valence electrons. The Hall–Kier alpha value is -1.99. The number of benzene rings is 2. The van der Waals surface area contributed by atoms with E-state index in [9.17, 15) is 19.7 Å². The van der Waals surface area contributed by atoms with Crippen LogP contribution in [0.15, 0.2) is 36.4 Å². The molecule has 1 aliphatic heterocycles. The van der Waals surface area contributed by atoms with Crippen LogP contribution in [-0.2, 0) is 11.2 Å². The van der Waals surface area contributed by atoms with Gasteiger partial charge in [-0.15, -0.1) is 0 Å². The maximum absolute atomic E-state index is 14.4. The van der Waals surface area contributed by atoms with Crippen LogP contribution in [0.5, 0.6) is 5.75 Å². The Labute approximate surface area is 170 Å². The van der Waals surface area contributed by atoms with Gasteiger partial charge in [-0.1, -0.05) is 38.1 Å². The third kappa shape index (κ3) is 4.61. The monoisotopic (exact) mass is 404 g/mol. The van der Waals surface area contributed by atoms with Gasteiger partial charge in [-0.25, -0.2) is 4.39 Å². The van der Waals surface area contributed by atoms with E-state index in [-0.39, 0.29) is 11.7 Å². The first kappa shape index (κ1) is 21.7. The van der Waals surface area contributed by atoms with Crippen LogP contribution in [-0.4, -0.2) is 46.8 Å². The number of halogens is 1. The summed E-state index contributed by atoms with van der Waals surface area (Å²) in [6.45, 7) is 5.76. The van der Waals surface area contributed by atoms with E-state index in [2.05, 4.69) is 13.8 Å². The van der Waals surface area contributed by atoms with Crippen molar-refractivity contribution in [3.05, 3.63) is 64.5 Å². The van der Waals surface area contributed by atoms with Gasteiger partial charge in [0, 0.05) is 12.5 Å². The Bertz CT molecular complexity index is 853. The van der Waals surface area contributed by atoms with Crippen molar-refractivity contribution in [3.63, 3.8) is 0 Å². The summed E-state index contributed by atoms with van der Waals surface area (Å²) in [5.74, 6) is 0.327. The molecule has 1 fully saturated rings. The number of aliphatic hydroxyl groups excluding tert-OH is 3. The Morgan fingerprint density at radius 1 is 1.03 bits per heavy atom. The van der Waals surface area contributed by atoms with E-state index in [4.69, 9.17) is 9.47 Å². The van der Waals surface area contributed by atoms with Crippen LogP contribution < -0.4 is 4.74 Å². The van der Waals surface area contributed by atoms with Crippen molar-refractivity contribution in [2.45, 2.75) is 63.6 Å². The van der Waals surface area contributed by atoms with Crippen molar-refractivity contribution in [3.8, 4) is 5.75 Å². The lowest BCUT2D eigenvalue weighted by Gasteiger charge is -2.39. The van der Waals surface area contributed by atoms with Crippen molar-refractivity contribution < 1.29 is 29.2 Å². The van der Waals surface area contributed by atoms with Gasteiger partial charge in [0.15, 0.2) is 0 Å². The molecule has 29 heavy (non-hydrogen) atoms. The summed E-state index contributed by atoms with van der Waals surface area (Å²) in [6.07, 6.45) is -4.73. The Kier molecular flexibility index (Phi) is 6.58. The fraction of sp³-hybridized carbons (Fsp3) is 0.478. The van der Waals surface area contributed by atoms with E-state index in [0.29, 0.717) is 23.3 Å². The van der Waals surface area contributed by atoms with Gasteiger partial charge in [0.25, 0.3) is 0 Å². The summed E-state index contributed by atoms with van der Waals surface area (Å²) in [5.41, 5.74) is 3.13. The maximum atomic E-state index is 14.4. The Balaban J connectivity index is 1.96. The zero-order chi connectivity index (χ0) is 21.3. The lowest BCUT2D eigenvalue weighted by molar-refractivity contribution is -0.219. The van der Waals surface area contributed by atoms with Gasteiger partial charge in [0.2, 0.25) is 0 Å². The first-order valence-corrected chi connectivity index (χ1v) is 9.87. The first-order chi connectivity index (χ1) is 13.7. The fourth-order valence-corrected chi connectivity index (χ4v) is 3.69. The summed E-state index contributed by atoms with van der Waals surface area (Å²) >= 11 is 0. The topological polar surface area (TPSA) is 79.2 Å². The molecule has 0 aliphatic carbocycles. The van der Waals surface area contributed by atoms with E-state index in [1.165, 1.54) is 13.2 Å². The highest BCUT2D eigenvalue weighted by Crippen LogP contribution is 2.34. The van der Waals surface area contributed by atoms with Gasteiger partial charge in [0.05, 0.1) is 13.2 Å². The highest BCUT2D eigenvalue weighted by atomic mass is 19.1. The lowest BCUT2D eigenvalue weighted by atomic mass is 9.87. The molecular weight excluding hydrogens is 375 g/mol. The summed E-state index contributed by atoms with van der Waals surface area (Å²) in [7, 11) is 1.49. The van der Waals surface area contributed by atoms with Crippen molar-refractivity contribution >= 4 is 0 Å². The second kappa shape index (κ2) is 8.79. The van der Waals surface area contributed by atoms with Gasteiger partial charge in [-0.05, 0) is 41.2 Å². The Morgan fingerprint density at radius 3 is 2.38 bits per heavy atom. The smallest absolute Gasteiger partial charge is 0.130 e. The van der Waals surface area contributed by atoms with Crippen LogP contribution >= 0.6 is 0 Å². The normalized spacial score (nSPS) is 27.3. The van der Waals surface area contributed by atoms with Gasteiger partial charge in [-0.3, -0.25) is 0 Å². The Morgan fingerprint density at radius 2 is 1.76 bits per heavy atom. The summed E-state index contributed by atoms with van der Waals surface area (Å²) in [6, 6.07) is 10.6. The molecule has 0 saturated carbocycles. The molecule has 0 aromatic heterocycles. The van der Waals surface area contributed by atoms with Crippen LogP contribution in [0.1, 0.15) is 55.0 Å². The number of hydrogen-bond donors (Lipinski definition) is 3. The third-order valence-corrected chi connectivity index (χ3v) is 5.54. The average molecular weight is 404 g/mol. The van der Waals surface area contributed by atoms with Crippen molar-refractivity contribution in [2.75, 3.05) is 7.11 Å². The van der Waals surface area contributed by atoms with Gasteiger partial charge in [-0.2, -0.15) is 0 Å².